The van der Waals surface area contributed by atoms with Crippen LogP contribution in [-0.4, -0.2) is 30.3 Å². The first-order valence-corrected chi connectivity index (χ1v) is 5.01. The van der Waals surface area contributed by atoms with E-state index in [0.29, 0.717) is 6.47 Å². The number of ether oxygens (including phenoxy) is 2. The van der Waals surface area contributed by atoms with Gasteiger partial charge in [-0.3, -0.25) is 4.79 Å². The van der Waals surface area contributed by atoms with Gasteiger partial charge in [-0.2, -0.15) is 0 Å². The van der Waals surface area contributed by atoms with E-state index in [1.54, 1.807) is 27.7 Å². The van der Waals surface area contributed by atoms with E-state index < -0.39 is 23.8 Å². The van der Waals surface area contributed by atoms with Crippen molar-refractivity contribution < 1.29 is 19.1 Å². The molecule has 2 atom stereocenters. The Hall–Kier alpha value is -1.52. The van der Waals surface area contributed by atoms with E-state index in [-0.39, 0.29) is 0 Å². The Labute approximate surface area is 95.8 Å². The number of nitrogens with one attached hydrogen (secondary N) is 1. The average molecular weight is 229 g/mol. The lowest BCUT2D eigenvalue weighted by molar-refractivity contribution is -0.132. The van der Waals surface area contributed by atoms with Gasteiger partial charge in [0.2, 0.25) is 0 Å². The molecule has 92 valence electrons. The van der Waals surface area contributed by atoms with Gasteiger partial charge < -0.3 is 14.8 Å². The quantitative estimate of drug-likeness (QED) is 0.574. The molecule has 0 spiro atoms. The number of hydrogen-bond acceptors (Lipinski definition) is 4. The maximum atomic E-state index is 11.4. The lowest BCUT2D eigenvalue weighted by atomic mass is 10.2. The van der Waals surface area contributed by atoms with Crippen LogP contribution in [0.25, 0.3) is 0 Å². The number of hydrogen-bond donors (Lipinski definition) is 1. The molecule has 5 nitrogen and oxygen atoms in total. The smallest absolute Gasteiger partial charge is 0.408 e. The Morgan fingerprint density at radius 1 is 1.44 bits per heavy atom. The van der Waals surface area contributed by atoms with Crippen molar-refractivity contribution in [3.05, 3.63) is 12.7 Å². The third-order valence-electron chi connectivity index (χ3n) is 1.68. The molecule has 0 unspecified atom stereocenters. The van der Waals surface area contributed by atoms with Crippen molar-refractivity contribution in [2.24, 2.45) is 0 Å². The van der Waals surface area contributed by atoms with Crippen LogP contribution in [0.1, 0.15) is 27.7 Å². The minimum Gasteiger partial charge on any atom is -0.458 e. The average Bonchev–Trinajstić information content (AvgIpc) is 2.10. The number of carbonyl (C=O) groups excluding carboxylic acids is 2. The van der Waals surface area contributed by atoms with Crippen LogP contribution in [0, 0.1) is 0 Å². The zero-order chi connectivity index (χ0) is 12.8. The third-order valence-corrected chi connectivity index (χ3v) is 1.68. The minimum atomic E-state index is -0.565. The van der Waals surface area contributed by atoms with E-state index in [1.165, 1.54) is 6.08 Å². The van der Waals surface area contributed by atoms with Gasteiger partial charge in [-0.15, -0.1) is 0 Å². The third kappa shape index (κ3) is 6.06. The van der Waals surface area contributed by atoms with Crippen molar-refractivity contribution in [3.8, 4) is 0 Å². The molecule has 1 N–H and O–H groups in total. The van der Waals surface area contributed by atoms with Gasteiger partial charge in [0.05, 0.1) is 6.04 Å². The highest BCUT2D eigenvalue weighted by Crippen LogP contribution is 2.07. The van der Waals surface area contributed by atoms with E-state index >= 15 is 0 Å². The Morgan fingerprint density at radius 2 is 2.00 bits per heavy atom. The van der Waals surface area contributed by atoms with Crippen molar-refractivity contribution in [3.63, 3.8) is 0 Å². The lowest BCUT2D eigenvalue weighted by Gasteiger charge is -2.24. The zero-order valence-corrected chi connectivity index (χ0v) is 10.1. The van der Waals surface area contributed by atoms with Crippen LogP contribution in [0.15, 0.2) is 12.7 Å². The highest BCUT2D eigenvalue weighted by molar-refractivity contribution is 5.68. The first kappa shape index (κ1) is 14.5. The van der Waals surface area contributed by atoms with Crippen molar-refractivity contribution in [2.75, 3.05) is 0 Å². The van der Waals surface area contributed by atoms with Gasteiger partial charge in [0.25, 0.3) is 6.47 Å². The topological polar surface area (TPSA) is 64.6 Å². The van der Waals surface area contributed by atoms with Crippen molar-refractivity contribution in [1.82, 2.24) is 5.32 Å². The predicted octanol–water partition coefficient (Wildman–Crippen LogP) is 1.63. The van der Waals surface area contributed by atoms with Crippen LogP contribution in [-0.2, 0) is 14.3 Å². The van der Waals surface area contributed by atoms with E-state index in [1.807, 2.05) is 0 Å². The van der Waals surface area contributed by atoms with Gasteiger partial charge in [0.15, 0.2) is 0 Å². The summed E-state index contributed by atoms with van der Waals surface area (Å²) >= 11 is 0. The summed E-state index contributed by atoms with van der Waals surface area (Å²) in [5, 5.41) is 2.56. The molecule has 16 heavy (non-hydrogen) atoms. The molecule has 5 heteroatoms. The second-order valence-corrected chi connectivity index (χ2v) is 4.37. The molecule has 0 aliphatic heterocycles. The lowest BCUT2D eigenvalue weighted by Crippen LogP contribution is -2.43. The summed E-state index contributed by atoms with van der Waals surface area (Å²) in [5.74, 6) is 0. The van der Waals surface area contributed by atoms with Gasteiger partial charge in [-0.1, -0.05) is 6.58 Å². The monoisotopic (exact) mass is 229 g/mol. The maximum absolute atomic E-state index is 11.4. The molecular weight excluding hydrogens is 210 g/mol. The van der Waals surface area contributed by atoms with Crippen LogP contribution < -0.4 is 5.32 Å². The van der Waals surface area contributed by atoms with E-state index in [0.717, 1.165) is 0 Å². The van der Waals surface area contributed by atoms with Crippen molar-refractivity contribution >= 4 is 12.6 Å². The molecule has 0 aliphatic rings. The van der Waals surface area contributed by atoms with Gasteiger partial charge in [0.1, 0.15) is 11.7 Å². The summed E-state index contributed by atoms with van der Waals surface area (Å²) in [6.45, 7) is 10.8. The molecule has 0 radical (unpaired) electrons. The first-order valence-electron chi connectivity index (χ1n) is 5.01. The van der Waals surface area contributed by atoms with Crippen molar-refractivity contribution in [1.29, 1.82) is 0 Å². The largest absolute Gasteiger partial charge is 0.458 e. The molecule has 0 heterocycles. The molecule has 0 saturated heterocycles. The van der Waals surface area contributed by atoms with E-state index in [2.05, 4.69) is 11.9 Å². The Morgan fingerprint density at radius 3 is 2.38 bits per heavy atom. The zero-order valence-electron chi connectivity index (χ0n) is 10.1. The summed E-state index contributed by atoms with van der Waals surface area (Å²) < 4.78 is 9.77. The molecule has 0 rings (SSSR count). The molecule has 0 aliphatic carbocycles. The normalized spacial score (nSPS) is 14.5. The SMILES string of the molecule is C=C[C@@H](OC=O)[C@@H](C)NC(=O)OC(C)(C)C. The summed E-state index contributed by atoms with van der Waals surface area (Å²) in [4.78, 5) is 21.6. The second kappa shape index (κ2) is 6.15. The molecule has 0 fully saturated rings. The van der Waals surface area contributed by atoms with Crippen LogP contribution in [0.4, 0.5) is 4.79 Å². The molecule has 0 saturated carbocycles. The number of amides is 1. The Kier molecular flexibility index (Phi) is 5.56. The number of rotatable bonds is 5. The van der Waals surface area contributed by atoms with E-state index in [4.69, 9.17) is 9.47 Å². The molecule has 0 aromatic heterocycles. The standard InChI is InChI=1S/C11H19NO4/c1-6-9(15-7-13)8(2)12-10(14)16-11(3,4)5/h6-9H,1H2,2-5H3,(H,12,14)/t8-,9-/m1/s1. The van der Waals surface area contributed by atoms with Gasteiger partial charge >= 0.3 is 6.09 Å². The summed E-state index contributed by atoms with van der Waals surface area (Å²) in [6.07, 6.45) is 0.322. The molecule has 0 aromatic rings. The predicted molar refractivity (Wildman–Crippen MR) is 60.0 cm³/mol. The fraction of sp³-hybridized carbons (Fsp3) is 0.636. The second-order valence-electron chi connectivity index (χ2n) is 4.37. The van der Waals surface area contributed by atoms with Crippen LogP contribution in [0.5, 0.6) is 0 Å². The highest BCUT2D eigenvalue weighted by atomic mass is 16.6. The fourth-order valence-corrected chi connectivity index (χ4v) is 1.02. The van der Waals surface area contributed by atoms with Crippen LogP contribution >= 0.6 is 0 Å². The van der Waals surface area contributed by atoms with Gasteiger partial charge in [-0.25, -0.2) is 4.79 Å². The number of carbonyl (C=O) groups is 2. The van der Waals surface area contributed by atoms with Crippen molar-refractivity contribution in [2.45, 2.75) is 45.4 Å². The Balaban J connectivity index is 4.21. The summed E-state index contributed by atoms with van der Waals surface area (Å²) in [6, 6.07) is -0.391. The highest BCUT2D eigenvalue weighted by Gasteiger charge is 2.21. The van der Waals surface area contributed by atoms with E-state index in [9.17, 15) is 9.59 Å². The van der Waals surface area contributed by atoms with Gasteiger partial charge in [-0.05, 0) is 33.8 Å². The molecule has 1 amide bonds. The van der Waals surface area contributed by atoms with Crippen LogP contribution in [0.2, 0.25) is 0 Å². The summed E-state index contributed by atoms with van der Waals surface area (Å²) in [5.41, 5.74) is -0.557. The summed E-state index contributed by atoms with van der Waals surface area (Å²) in [7, 11) is 0. The molecule has 0 aromatic carbocycles. The molecule has 0 bridgehead atoms. The molecular formula is C11H19NO4. The first-order chi connectivity index (χ1) is 7.30. The Bertz CT molecular complexity index is 257. The van der Waals surface area contributed by atoms with Crippen LogP contribution in [0.3, 0.4) is 0 Å². The number of alkyl carbamates (subject to hydrolysis) is 1. The fourth-order valence-electron chi connectivity index (χ4n) is 1.02. The maximum Gasteiger partial charge on any atom is 0.408 e. The van der Waals surface area contributed by atoms with Gasteiger partial charge in [0, 0.05) is 0 Å². The minimum absolute atomic E-state index is 0.319.